The second-order valence-corrected chi connectivity index (χ2v) is 5.52. The van der Waals surface area contributed by atoms with Gasteiger partial charge in [-0.3, -0.25) is 4.79 Å². The molecule has 0 N–H and O–H groups in total. The summed E-state index contributed by atoms with van der Waals surface area (Å²) in [6.07, 6.45) is 5.67. The van der Waals surface area contributed by atoms with E-state index >= 15 is 0 Å². The van der Waals surface area contributed by atoms with Gasteiger partial charge >= 0.3 is 0 Å². The largest absolute Gasteiger partial charge is 0.494 e. The van der Waals surface area contributed by atoms with Gasteiger partial charge in [0, 0.05) is 0 Å². The SMILES string of the molecule is CCCCCCOc1ccc(-n2nc(C)c(C=O)c2C)cc1. The van der Waals surface area contributed by atoms with E-state index in [4.69, 9.17) is 4.74 Å². The van der Waals surface area contributed by atoms with E-state index in [9.17, 15) is 4.79 Å². The van der Waals surface area contributed by atoms with Crippen molar-refractivity contribution in [3.05, 3.63) is 41.2 Å². The van der Waals surface area contributed by atoms with Gasteiger partial charge in [-0.15, -0.1) is 0 Å². The Kier molecular flexibility index (Phi) is 5.75. The van der Waals surface area contributed by atoms with Crippen molar-refractivity contribution < 1.29 is 9.53 Å². The van der Waals surface area contributed by atoms with Crippen molar-refractivity contribution in [2.24, 2.45) is 0 Å². The summed E-state index contributed by atoms with van der Waals surface area (Å²) in [6.45, 7) is 6.71. The van der Waals surface area contributed by atoms with Crippen LogP contribution in [0.15, 0.2) is 24.3 Å². The van der Waals surface area contributed by atoms with Crippen LogP contribution in [0.2, 0.25) is 0 Å². The van der Waals surface area contributed by atoms with Gasteiger partial charge in [0.25, 0.3) is 0 Å². The van der Waals surface area contributed by atoms with Crippen molar-refractivity contribution in [3.8, 4) is 11.4 Å². The van der Waals surface area contributed by atoms with Gasteiger partial charge in [-0.1, -0.05) is 26.2 Å². The van der Waals surface area contributed by atoms with Crippen LogP contribution in [0.3, 0.4) is 0 Å². The third kappa shape index (κ3) is 3.75. The molecule has 1 aromatic heterocycles. The zero-order valence-corrected chi connectivity index (χ0v) is 13.6. The smallest absolute Gasteiger partial charge is 0.153 e. The average molecular weight is 300 g/mol. The predicted octanol–water partition coefficient (Wildman–Crippen LogP) is 4.26. The standard InChI is InChI=1S/C18H24N2O2/c1-4-5-6-7-12-22-17-10-8-16(9-11-17)20-15(3)18(13-21)14(2)19-20/h8-11,13H,4-7,12H2,1-3H3. The molecule has 0 aliphatic rings. The molecule has 0 aliphatic heterocycles. The van der Waals surface area contributed by atoms with Crippen LogP contribution in [-0.4, -0.2) is 22.7 Å². The number of carbonyl (C=O) groups excluding carboxylic acids is 1. The molecule has 4 nitrogen and oxygen atoms in total. The third-order valence-electron chi connectivity index (χ3n) is 3.81. The van der Waals surface area contributed by atoms with Crippen molar-refractivity contribution in [3.63, 3.8) is 0 Å². The summed E-state index contributed by atoms with van der Waals surface area (Å²) in [5.74, 6) is 0.873. The van der Waals surface area contributed by atoms with Crippen molar-refractivity contribution in [2.45, 2.75) is 46.5 Å². The lowest BCUT2D eigenvalue weighted by Gasteiger charge is -2.08. The number of rotatable bonds is 8. The lowest BCUT2D eigenvalue weighted by molar-refractivity contribution is 0.112. The minimum atomic E-state index is 0.663. The number of ether oxygens (including phenoxy) is 1. The predicted molar refractivity (Wildman–Crippen MR) is 88.1 cm³/mol. The van der Waals surface area contributed by atoms with E-state index in [2.05, 4.69) is 12.0 Å². The molecule has 0 radical (unpaired) electrons. The Morgan fingerprint density at radius 2 is 1.86 bits per heavy atom. The fraction of sp³-hybridized carbons (Fsp3) is 0.444. The number of hydrogen-bond acceptors (Lipinski definition) is 3. The number of aldehydes is 1. The first-order valence-corrected chi connectivity index (χ1v) is 7.92. The molecule has 2 rings (SSSR count). The van der Waals surface area contributed by atoms with Crippen LogP contribution in [0.5, 0.6) is 5.75 Å². The van der Waals surface area contributed by atoms with E-state index in [0.29, 0.717) is 5.56 Å². The molecule has 0 aliphatic carbocycles. The normalized spacial score (nSPS) is 10.7. The van der Waals surface area contributed by atoms with Gasteiger partial charge in [0.05, 0.1) is 29.2 Å². The number of nitrogens with zero attached hydrogens (tertiary/aromatic N) is 2. The van der Waals surface area contributed by atoms with Crippen molar-refractivity contribution in [1.29, 1.82) is 0 Å². The van der Waals surface area contributed by atoms with Crippen LogP contribution in [0.25, 0.3) is 5.69 Å². The lowest BCUT2D eigenvalue weighted by Crippen LogP contribution is -2.01. The number of hydrogen-bond donors (Lipinski definition) is 0. The Morgan fingerprint density at radius 3 is 2.45 bits per heavy atom. The Labute approximate surface area is 132 Å². The minimum Gasteiger partial charge on any atom is -0.494 e. The highest BCUT2D eigenvalue weighted by Gasteiger charge is 2.11. The fourth-order valence-corrected chi connectivity index (χ4v) is 2.48. The van der Waals surface area contributed by atoms with Gasteiger partial charge in [-0.2, -0.15) is 5.10 Å². The highest BCUT2D eigenvalue weighted by molar-refractivity contribution is 5.78. The van der Waals surface area contributed by atoms with Gasteiger partial charge in [0.1, 0.15) is 5.75 Å². The van der Waals surface area contributed by atoms with Crippen molar-refractivity contribution in [1.82, 2.24) is 9.78 Å². The van der Waals surface area contributed by atoms with Crippen LogP contribution in [0.1, 0.15) is 54.4 Å². The van der Waals surface area contributed by atoms with Gasteiger partial charge in [0.2, 0.25) is 0 Å². The molecule has 0 atom stereocenters. The third-order valence-corrected chi connectivity index (χ3v) is 3.81. The van der Waals surface area contributed by atoms with E-state index in [1.54, 1.807) is 4.68 Å². The Morgan fingerprint density at radius 1 is 1.14 bits per heavy atom. The molecular weight excluding hydrogens is 276 g/mol. The monoisotopic (exact) mass is 300 g/mol. The summed E-state index contributed by atoms with van der Waals surface area (Å²) in [5.41, 5.74) is 3.22. The molecule has 0 amide bonds. The van der Waals surface area contributed by atoms with E-state index in [1.165, 1.54) is 19.3 Å². The number of aromatic nitrogens is 2. The Balaban J connectivity index is 2.01. The van der Waals surface area contributed by atoms with E-state index < -0.39 is 0 Å². The molecule has 22 heavy (non-hydrogen) atoms. The summed E-state index contributed by atoms with van der Waals surface area (Å²) in [7, 11) is 0. The maximum Gasteiger partial charge on any atom is 0.153 e. The molecule has 2 aromatic rings. The summed E-state index contributed by atoms with van der Waals surface area (Å²) < 4.78 is 7.53. The molecule has 1 aromatic carbocycles. The second kappa shape index (κ2) is 7.78. The van der Waals surface area contributed by atoms with Crippen molar-refractivity contribution >= 4 is 6.29 Å². The summed E-state index contributed by atoms with van der Waals surface area (Å²) in [4.78, 5) is 11.1. The average Bonchev–Trinajstić information content (AvgIpc) is 2.82. The van der Waals surface area contributed by atoms with Gasteiger partial charge < -0.3 is 4.74 Å². The highest BCUT2D eigenvalue weighted by atomic mass is 16.5. The zero-order chi connectivity index (χ0) is 15.9. The minimum absolute atomic E-state index is 0.663. The molecular formula is C18H24N2O2. The molecule has 1 heterocycles. The maximum absolute atomic E-state index is 11.1. The van der Waals surface area contributed by atoms with Crippen LogP contribution in [-0.2, 0) is 0 Å². The van der Waals surface area contributed by atoms with Crippen LogP contribution in [0, 0.1) is 13.8 Å². The van der Waals surface area contributed by atoms with Crippen LogP contribution in [0.4, 0.5) is 0 Å². The van der Waals surface area contributed by atoms with Crippen molar-refractivity contribution in [2.75, 3.05) is 6.61 Å². The first-order valence-electron chi connectivity index (χ1n) is 7.92. The number of carbonyl (C=O) groups is 1. The van der Waals surface area contributed by atoms with Crippen LogP contribution < -0.4 is 4.74 Å². The molecule has 4 heteroatoms. The molecule has 118 valence electrons. The van der Waals surface area contributed by atoms with E-state index in [-0.39, 0.29) is 0 Å². The summed E-state index contributed by atoms with van der Waals surface area (Å²) >= 11 is 0. The van der Waals surface area contributed by atoms with Gasteiger partial charge in [0.15, 0.2) is 6.29 Å². The maximum atomic E-state index is 11.1. The quantitative estimate of drug-likeness (QED) is 0.540. The van der Waals surface area contributed by atoms with E-state index in [1.807, 2.05) is 38.1 Å². The molecule has 0 spiro atoms. The Hall–Kier alpha value is -2.10. The topological polar surface area (TPSA) is 44.1 Å². The highest BCUT2D eigenvalue weighted by Crippen LogP contribution is 2.19. The van der Waals surface area contributed by atoms with Gasteiger partial charge in [-0.05, 0) is 44.5 Å². The first-order chi connectivity index (χ1) is 10.7. The first kappa shape index (κ1) is 16.3. The fourth-order valence-electron chi connectivity index (χ4n) is 2.48. The zero-order valence-electron chi connectivity index (χ0n) is 13.6. The second-order valence-electron chi connectivity index (χ2n) is 5.52. The molecule has 0 saturated carbocycles. The lowest BCUT2D eigenvalue weighted by atomic mass is 10.2. The Bertz CT molecular complexity index is 615. The van der Waals surface area contributed by atoms with E-state index in [0.717, 1.165) is 42.1 Å². The number of aryl methyl sites for hydroxylation is 1. The summed E-state index contributed by atoms with van der Waals surface area (Å²) in [5, 5.41) is 4.42. The molecule has 0 saturated heterocycles. The molecule has 0 bridgehead atoms. The summed E-state index contributed by atoms with van der Waals surface area (Å²) in [6, 6.07) is 7.84. The van der Waals surface area contributed by atoms with Gasteiger partial charge in [-0.25, -0.2) is 4.68 Å². The molecule has 0 unspecified atom stereocenters. The van der Waals surface area contributed by atoms with Crippen LogP contribution >= 0.6 is 0 Å². The number of unbranched alkanes of at least 4 members (excludes halogenated alkanes) is 3. The number of benzene rings is 1. The molecule has 0 fully saturated rings.